The summed E-state index contributed by atoms with van der Waals surface area (Å²) in [5, 5.41) is 0. The Morgan fingerprint density at radius 1 is 0.276 bits per heavy atom. The summed E-state index contributed by atoms with van der Waals surface area (Å²) in [6.45, 7) is 6.47. The zero-order valence-corrected chi connectivity index (χ0v) is 50.3. The second kappa shape index (κ2) is 64.1. The molecule has 0 aliphatic carbocycles. The lowest BCUT2D eigenvalue weighted by molar-refractivity contribution is -0.167. The molecule has 0 aromatic heterocycles. The molecule has 6 nitrogen and oxygen atoms in total. The molecule has 0 saturated carbocycles. The van der Waals surface area contributed by atoms with Crippen molar-refractivity contribution in [1.82, 2.24) is 0 Å². The fourth-order valence-corrected chi connectivity index (χ4v) is 9.27. The molecule has 0 aromatic carbocycles. The number of rotatable bonds is 59. The molecule has 0 amide bonds. The van der Waals surface area contributed by atoms with Gasteiger partial charge < -0.3 is 14.2 Å². The standard InChI is InChI=1S/C70H122O6/c1-4-7-10-13-16-18-20-22-24-26-28-30-31-32-33-34-35-36-37-38-39-41-42-44-46-48-50-52-54-57-60-63-69(72)75-66-67(65-74-68(71)62-59-56-15-12-9-6-3)76-70(73)64-61-58-55-53-51-49-47-45-43-40-29-27-25-23-21-19-17-14-11-8-5-2/h8,11,17,19-20,22-23,25-26,28-29,40,45,47,67H,4-7,9-10,12-16,18,21,24,27,30-39,41-44,46,48-66H2,1-3H3/b11-8-,19-17-,22-20-,25-23-,28-26-,40-29-,47-45-. The lowest BCUT2D eigenvalue weighted by Gasteiger charge is -2.18. The molecule has 6 heteroatoms. The minimum Gasteiger partial charge on any atom is -0.462 e. The van der Waals surface area contributed by atoms with Crippen molar-refractivity contribution in [2.24, 2.45) is 0 Å². The van der Waals surface area contributed by atoms with Crippen LogP contribution in [0.5, 0.6) is 0 Å². The van der Waals surface area contributed by atoms with Crippen LogP contribution in [0.1, 0.15) is 323 Å². The van der Waals surface area contributed by atoms with Crippen molar-refractivity contribution in [3.05, 3.63) is 85.1 Å². The summed E-state index contributed by atoms with van der Waals surface area (Å²) >= 11 is 0. The maximum atomic E-state index is 12.8. The van der Waals surface area contributed by atoms with E-state index < -0.39 is 6.10 Å². The van der Waals surface area contributed by atoms with Crippen LogP contribution in [-0.4, -0.2) is 37.2 Å². The number of allylic oxidation sites excluding steroid dienone is 14. The van der Waals surface area contributed by atoms with Crippen LogP contribution < -0.4 is 0 Å². The quantitative estimate of drug-likeness (QED) is 0.0261. The van der Waals surface area contributed by atoms with E-state index in [2.05, 4.69) is 106 Å². The molecule has 0 aromatic rings. The Bertz CT molecular complexity index is 1450. The highest BCUT2D eigenvalue weighted by molar-refractivity contribution is 5.71. The maximum absolute atomic E-state index is 12.8. The largest absolute Gasteiger partial charge is 0.462 e. The van der Waals surface area contributed by atoms with Gasteiger partial charge in [0.15, 0.2) is 6.10 Å². The van der Waals surface area contributed by atoms with E-state index in [9.17, 15) is 14.4 Å². The molecule has 0 rings (SSSR count). The highest BCUT2D eigenvalue weighted by atomic mass is 16.6. The van der Waals surface area contributed by atoms with Gasteiger partial charge in [0.05, 0.1) is 0 Å². The summed E-state index contributed by atoms with van der Waals surface area (Å²) in [5.74, 6) is -0.900. The minimum absolute atomic E-state index is 0.0819. The first-order valence-electron chi connectivity index (χ1n) is 32.6. The van der Waals surface area contributed by atoms with E-state index in [-0.39, 0.29) is 31.1 Å². The molecule has 76 heavy (non-hydrogen) atoms. The van der Waals surface area contributed by atoms with E-state index in [1.807, 2.05) is 0 Å². The van der Waals surface area contributed by atoms with E-state index in [4.69, 9.17) is 14.2 Å². The predicted octanol–water partition coefficient (Wildman–Crippen LogP) is 22.3. The fourth-order valence-electron chi connectivity index (χ4n) is 9.27. The van der Waals surface area contributed by atoms with Crippen LogP contribution >= 0.6 is 0 Å². The normalized spacial score (nSPS) is 12.6. The van der Waals surface area contributed by atoms with Gasteiger partial charge >= 0.3 is 17.9 Å². The summed E-state index contributed by atoms with van der Waals surface area (Å²) < 4.78 is 16.8. The van der Waals surface area contributed by atoms with Crippen molar-refractivity contribution in [2.75, 3.05) is 13.2 Å². The molecule has 0 aliphatic heterocycles. The van der Waals surface area contributed by atoms with Crippen LogP contribution in [0, 0.1) is 0 Å². The topological polar surface area (TPSA) is 78.9 Å². The van der Waals surface area contributed by atoms with E-state index in [1.165, 1.54) is 167 Å². The molecule has 438 valence electrons. The average Bonchev–Trinajstić information content (AvgIpc) is 3.42. The van der Waals surface area contributed by atoms with Crippen molar-refractivity contribution in [2.45, 2.75) is 329 Å². The molecule has 1 atom stereocenters. The van der Waals surface area contributed by atoms with Gasteiger partial charge in [-0.05, 0) is 96.3 Å². The molecule has 0 spiro atoms. The summed E-state index contributed by atoms with van der Waals surface area (Å²) in [6, 6.07) is 0. The van der Waals surface area contributed by atoms with Gasteiger partial charge in [-0.1, -0.05) is 292 Å². The van der Waals surface area contributed by atoms with Gasteiger partial charge in [-0.25, -0.2) is 0 Å². The van der Waals surface area contributed by atoms with Crippen molar-refractivity contribution >= 4 is 17.9 Å². The van der Waals surface area contributed by atoms with Gasteiger partial charge in [-0.15, -0.1) is 0 Å². The van der Waals surface area contributed by atoms with Gasteiger partial charge in [0.25, 0.3) is 0 Å². The number of esters is 3. The van der Waals surface area contributed by atoms with Crippen LogP contribution in [0.15, 0.2) is 85.1 Å². The molecule has 0 N–H and O–H groups in total. The van der Waals surface area contributed by atoms with Crippen molar-refractivity contribution < 1.29 is 28.6 Å². The first kappa shape index (κ1) is 72.6. The second-order valence-corrected chi connectivity index (χ2v) is 21.6. The Morgan fingerprint density at radius 2 is 0.513 bits per heavy atom. The van der Waals surface area contributed by atoms with Crippen molar-refractivity contribution in [3.8, 4) is 0 Å². The van der Waals surface area contributed by atoms with Crippen LogP contribution in [0.2, 0.25) is 0 Å². The number of ether oxygens (including phenoxy) is 3. The molecule has 0 aliphatic rings. The maximum Gasteiger partial charge on any atom is 0.306 e. The Morgan fingerprint density at radius 3 is 0.803 bits per heavy atom. The highest BCUT2D eigenvalue weighted by Crippen LogP contribution is 2.17. The average molecular weight is 1060 g/mol. The molecule has 0 fully saturated rings. The Labute approximate surface area is 471 Å². The van der Waals surface area contributed by atoms with Gasteiger partial charge in [-0.2, -0.15) is 0 Å². The highest BCUT2D eigenvalue weighted by Gasteiger charge is 2.19. The fraction of sp³-hybridized carbons (Fsp3) is 0.757. The summed E-state index contributed by atoms with van der Waals surface area (Å²) in [5.41, 5.74) is 0. The third kappa shape index (κ3) is 61.4. The number of unbranched alkanes of at least 4 members (excludes halogenated alkanes) is 34. The molecular formula is C70H122O6. The lowest BCUT2D eigenvalue weighted by Crippen LogP contribution is -2.30. The first-order chi connectivity index (χ1) is 37.5. The lowest BCUT2D eigenvalue weighted by atomic mass is 10.0. The molecule has 0 heterocycles. The summed E-state index contributed by atoms with van der Waals surface area (Å²) in [6.07, 6.45) is 85.0. The number of carbonyl (C=O) groups excluding carboxylic acids is 3. The van der Waals surface area contributed by atoms with E-state index in [1.54, 1.807) is 0 Å². The Kier molecular flexibility index (Phi) is 61.2. The number of hydrogen-bond acceptors (Lipinski definition) is 6. The molecule has 0 radical (unpaired) electrons. The molecule has 1 unspecified atom stereocenters. The first-order valence-corrected chi connectivity index (χ1v) is 32.6. The molecule has 0 saturated heterocycles. The zero-order valence-electron chi connectivity index (χ0n) is 50.3. The third-order valence-corrected chi connectivity index (χ3v) is 14.1. The van der Waals surface area contributed by atoms with Crippen LogP contribution in [0.3, 0.4) is 0 Å². The van der Waals surface area contributed by atoms with Crippen molar-refractivity contribution in [1.29, 1.82) is 0 Å². The van der Waals surface area contributed by atoms with E-state index in [0.29, 0.717) is 19.3 Å². The van der Waals surface area contributed by atoms with Crippen molar-refractivity contribution in [3.63, 3.8) is 0 Å². The molecule has 0 bridgehead atoms. The summed E-state index contributed by atoms with van der Waals surface area (Å²) in [7, 11) is 0. The monoisotopic (exact) mass is 1060 g/mol. The van der Waals surface area contributed by atoms with E-state index >= 15 is 0 Å². The second-order valence-electron chi connectivity index (χ2n) is 21.6. The zero-order chi connectivity index (χ0) is 55.0. The van der Waals surface area contributed by atoms with Gasteiger partial charge in [0.1, 0.15) is 13.2 Å². The Balaban J connectivity index is 4.04. The van der Waals surface area contributed by atoms with Gasteiger partial charge in [0, 0.05) is 19.3 Å². The van der Waals surface area contributed by atoms with Gasteiger partial charge in [-0.3, -0.25) is 14.4 Å². The van der Waals surface area contributed by atoms with Gasteiger partial charge in [0.2, 0.25) is 0 Å². The molecular weight excluding hydrogens is 937 g/mol. The number of hydrogen-bond donors (Lipinski definition) is 0. The summed E-state index contributed by atoms with van der Waals surface area (Å²) in [4.78, 5) is 38.0. The Hall–Kier alpha value is -3.41. The predicted molar refractivity (Wildman–Crippen MR) is 330 cm³/mol. The van der Waals surface area contributed by atoms with E-state index in [0.717, 1.165) is 116 Å². The van der Waals surface area contributed by atoms with Crippen LogP contribution in [0.25, 0.3) is 0 Å². The van der Waals surface area contributed by atoms with Crippen LogP contribution in [-0.2, 0) is 28.6 Å². The van der Waals surface area contributed by atoms with Crippen LogP contribution in [0.4, 0.5) is 0 Å². The minimum atomic E-state index is -0.783. The number of carbonyl (C=O) groups is 3. The third-order valence-electron chi connectivity index (χ3n) is 14.1. The smallest absolute Gasteiger partial charge is 0.306 e. The SMILES string of the molecule is CC/C=C\C/C=C\C/C=C\C/C=C\C/C=C\CCCCCCCC(=O)OC(COC(=O)CCCCCCCC)COC(=O)CCCCCCCCCCCCCCCCCCCCC/C=C\C/C=C\CCCCCCC.